The van der Waals surface area contributed by atoms with Crippen LogP contribution in [0.5, 0.6) is 0 Å². The number of para-hydroxylation sites is 1. The number of rotatable bonds is 6. The fraction of sp³-hybridized carbons (Fsp3) is 0.300. The van der Waals surface area contributed by atoms with Gasteiger partial charge in [-0.25, -0.2) is 4.98 Å². The van der Waals surface area contributed by atoms with E-state index in [-0.39, 0.29) is 17.7 Å². The number of nitrogens with zero attached hydrogens (tertiary/aromatic N) is 2. The first-order valence-electron chi connectivity index (χ1n) is 8.59. The maximum Gasteiger partial charge on any atom is 0.232 e. The average molecular weight is 387 g/mol. The van der Waals surface area contributed by atoms with Crippen molar-refractivity contribution in [1.29, 1.82) is 0 Å². The molecule has 1 saturated carbocycles. The Bertz CT molecular complexity index is 909. The van der Waals surface area contributed by atoms with E-state index < -0.39 is 0 Å². The number of hydrogen-bond donors (Lipinski definition) is 0. The summed E-state index contributed by atoms with van der Waals surface area (Å²) < 4.78 is 6.29. The van der Waals surface area contributed by atoms with Crippen LogP contribution in [0.2, 0.25) is 5.02 Å². The molecule has 1 aliphatic rings. The molecule has 2 aromatic carbocycles. The summed E-state index contributed by atoms with van der Waals surface area (Å²) in [5, 5.41) is 1.47. The monoisotopic (exact) mass is 386 g/mol. The highest BCUT2D eigenvalue weighted by Gasteiger charge is 2.47. The van der Waals surface area contributed by atoms with Crippen molar-refractivity contribution < 1.29 is 9.53 Å². The van der Waals surface area contributed by atoms with Gasteiger partial charge in [-0.3, -0.25) is 9.69 Å². The molecule has 4 nitrogen and oxygen atoms in total. The van der Waals surface area contributed by atoms with Crippen LogP contribution in [0.3, 0.4) is 0 Å². The summed E-state index contributed by atoms with van der Waals surface area (Å²) in [4.78, 5) is 19.6. The molecule has 0 spiro atoms. The molecular weight excluding hydrogens is 368 g/mol. The van der Waals surface area contributed by atoms with Gasteiger partial charge in [-0.15, -0.1) is 0 Å². The lowest BCUT2D eigenvalue weighted by Crippen LogP contribution is -2.35. The van der Waals surface area contributed by atoms with Crippen LogP contribution in [0.15, 0.2) is 48.5 Å². The minimum Gasteiger partial charge on any atom is -0.383 e. The van der Waals surface area contributed by atoms with Gasteiger partial charge in [-0.1, -0.05) is 53.3 Å². The van der Waals surface area contributed by atoms with Gasteiger partial charge < -0.3 is 4.74 Å². The van der Waals surface area contributed by atoms with Crippen LogP contribution in [0.4, 0.5) is 5.13 Å². The summed E-state index contributed by atoms with van der Waals surface area (Å²) in [6, 6.07) is 15.7. The van der Waals surface area contributed by atoms with Crippen LogP contribution in [0, 0.1) is 5.92 Å². The maximum atomic E-state index is 13.2. The SMILES string of the molecule is COCCN(C(=O)C1CC1c1ccccc1Cl)c1nc2ccccc2s1. The number of thiazole rings is 1. The van der Waals surface area contributed by atoms with E-state index >= 15 is 0 Å². The van der Waals surface area contributed by atoms with Crippen molar-refractivity contribution in [2.45, 2.75) is 12.3 Å². The highest BCUT2D eigenvalue weighted by atomic mass is 35.5. The minimum atomic E-state index is -0.0428. The third kappa shape index (κ3) is 3.34. The summed E-state index contributed by atoms with van der Waals surface area (Å²) >= 11 is 7.85. The van der Waals surface area contributed by atoms with Crippen molar-refractivity contribution in [2.75, 3.05) is 25.2 Å². The van der Waals surface area contributed by atoms with Crippen molar-refractivity contribution in [3.8, 4) is 0 Å². The summed E-state index contributed by atoms with van der Waals surface area (Å²) in [6.07, 6.45) is 0.830. The molecule has 0 saturated heterocycles. The quantitative estimate of drug-likeness (QED) is 0.614. The standard InChI is InChI=1S/C20H19ClN2O2S/c1-25-11-10-23(20-22-17-8-4-5-9-18(17)26-20)19(24)15-12-14(15)13-6-2-3-7-16(13)21/h2-9,14-15H,10-12H2,1H3. The Kier molecular flexibility index (Phi) is 4.94. The molecule has 4 rings (SSSR count). The number of amides is 1. The Morgan fingerprint density at radius 3 is 2.81 bits per heavy atom. The summed E-state index contributed by atoms with van der Waals surface area (Å²) in [5.41, 5.74) is 1.98. The van der Waals surface area contributed by atoms with Gasteiger partial charge in [0.15, 0.2) is 5.13 Å². The molecule has 2 unspecified atom stereocenters. The zero-order valence-electron chi connectivity index (χ0n) is 14.4. The van der Waals surface area contributed by atoms with Gasteiger partial charge >= 0.3 is 0 Å². The number of hydrogen-bond acceptors (Lipinski definition) is 4. The molecule has 3 aromatic rings. The number of halogens is 1. The van der Waals surface area contributed by atoms with Crippen molar-refractivity contribution in [2.24, 2.45) is 5.92 Å². The van der Waals surface area contributed by atoms with E-state index in [4.69, 9.17) is 16.3 Å². The second-order valence-electron chi connectivity index (χ2n) is 6.42. The first-order valence-corrected chi connectivity index (χ1v) is 9.79. The van der Waals surface area contributed by atoms with Crippen LogP contribution in [-0.2, 0) is 9.53 Å². The van der Waals surface area contributed by atoms with Gasteiger partial charge in [0, 0.05) is 18.1 Å². The normalized spacial score (nSPS) is 18.8. The first-order chi connectivity index (χ1) is 12.7. The molecule has 0 bridgehead atoms. The molecular formula is C20H19ClN2O2S. The van der Waals surface area contributed by atoms with Crippen molar-refractivity contribution in [3.05, 3.63) is 59.1 Å². The zero-order chi connectivity index (χ0) is 18.1. The number of benzene rings is 2. The van der Waals surface area contributed by atoms with E-state index in [1.807, 2.05) is 48.5 Å². The number of anilines is 1. The lowest BCUT2D eigenvalue weighted by atomic mass is 10.1. The Labute approximate surface area is 161 Å². The summed E-state index contributed by atoms with van der Waals surface area (Å²) in [6.45, 7) is 0.978. The number of methoxy groups -OCH3 is 1. The smallest absolute Gasteiger partial charge is 0.232 e. The summed E-state index contributed by atoms with van der Waals surface area (Å²) in [5.74, 6) is 0.250. The highest BCUT2D eigenvalue weighted by molar-refractivity contribution is 7.22. The molecule has 1 amide bonds. The molecule has 1 heterocycles. The van der Waals surface area contributed by atoms with E-state index in [1.165, 1.54) is 0 Å². The van der Waals surface area contributed by atoms with Crippen LogP contribution in [-0.4, -0.2) is 31.2 Å². The van der Waals surface area contributed by atoms with Crippen molar-refractivity contribution in [1.82, 2.24) is 4.98 Å². The molecule has 0 aliphatic heterocycles. The number of carbonyl (C=O) groups excluding carboxylic acids is 1. The largest absolute Gasteiger partial charge is 0.383 e. The summed E-state index contributed by atoms with van der Waals surface area (Å²) in [7, 11) is 1.64. The molecule has 0 radical (unpaired) electrons. The van der Waals surface area contributed by atoms with E-state index in [2.05, 4.69) is 4.98 Å². The number of carbonyl (C=O) groups is 1. The van der Waals surface area contributed by atoms with Gasteiger partial charge in [0.1, 0.15) is 0 Å². The molecule has 1 aliphatic carbocycles. The van der Waals surface area contributed by atoms with Crippen LogP contribution in [0.1, 0.15) is 17.9 Å². The number of ether oxygens (including phenoxy) is 1. The van der Waals surface area contributed by atoms with Crippen molar-refractivity contribution in [3.63, 3.8) is 0 Å². The molecule has 6 heteroatoms. The van der Waals surface area contributed by atoms with Gasteiger partial charge in [0.2, 0.25) is 5.91 Å². The second kappa shape index (κ2) is 7.35. The van der Waals surface area contributed by atoms with Gasteiger partial charge in [0.05, 0.1) is 23.4 Å². The lowest BCUT2D eigenvalue weighted by Gasteiger charge is -2.19. The van der Waals surface area contributed by atoms with Crippen LogP contribution < -0.4 is 4.90 Å². The van der Waals surface area contributed by atoms with E-state index in [0.717, 1.165) is 32.4 Å². The zero-order valence-corrected chi connectivity index (χ0v) is 16.0. The van der Waals surface area contributed by atoms with Gasteiger partial charge in [0.25, 0.3) is 0 Å². The van der Waals surface area contributed by atoms with Crippen LogP contribution in [0.25, 0.3) is 10.2 Å². The average Bonchev–Trinajstić information content (AvgIpc) is 3.33. The third-order valence-electron chi connectivity index (χ3n) is 4.71. The second-order valence-corrected chi connectivity index (χ2v) is 7.83. The van der Waals surface area contributed by atoms with Gasteiger partial charge in [-0.2, -0.15) is 0 Å². The van der Waals surface area contributed by atoms with E-state index in [9.17, 15) is 4.79 Å². The number of aromatic nitrogens is 1. The molecule has 1 fully saturated rings. The first kappa shape index (κ1) is 17.5. The van der Waals surface area contributed by atoms with Crippen LogP contribution >= 0.6 is 22.9 Å². The minimum absolute atomic E-state index is 0.0428. The van der Waals surface area contributed by atoms with Crippen molar-refractivity contribution >= 4 is 44.2 Å². The number of fused-ring (bicyclic) bond motifs is 1. The Balaban J connectivity index is 1.59. The fourth-order valence-corrected chi connectivity index (χ4v) is 4.52. The highest BCUT2D eigenvalue weighted by Crippen LogP contribution is 2.51. The van der Waals surface area contributed by atoms with E-state index in [0.29, 0.717) is 13.2 Å². The topological polar surface area (TPSA) is 42.4 Å². The molecule has 0 N–H and O–H groups in total. The maximum absolute atomic E-state index is 13.2. The third-order valence-corrected chi connectivity index (χ3v) is 6.11. The predicted molar refractivity (Wildman–Crippen MR) is 106 cm³/mol. The molecule has 26 heavy (non-hydrogen) atoms. The Morgan fingerprint density at radius 2 is 2.04 bits per heavy atom. The predicted octanol–water partition coefficient (Wildman–Crippen LogP) is 4.73. The molecule has 1 aromatic heterocycles. The molecule has 134 valence electrons. The lowest BCUT2D eigenvalue weighted by molar-refractivity contribution is -0.120. The van der Waals surface area contributed by atoms with Gasteiger partial charge in [-0.05, 0) is 36.1 Å². The Hall–Kier alpha value is -1.95. The fourth-order valence-electron chi connectivity index (χ4n) is 3.25. The molecule has 2 atom stereocenters. The van der Waals surface area contributed by atoms with E-state index in [1.54, 1.807) is 23.3 Å². The Morgan fingerprint density at radius 1 is 1.27 bits per heavy atom.